The molecule has 0 saturated carbocycles. The Morgan fingerprint density at radius 1 is 1.56 bits per heavy atom. The smallest absolute Gasteiger partial charge is 0.418 e. The molecule has 0 N–H and O–H groups in total. The van der Waals surface area contributed by atoms with Crippen LogP contribution in [0.2, 0.25) is 5.02 Å². The van der Waals surface area contributed by atoms with Gasteiger partial charge in [0.15, 0.2) is 0 Å². The van der Waals surface area contributed by atoms with Gasteiger partial charge in [-0.2, -0.15) is 0 Å². The second kappa shape index (κ2) is 4.47. The van der Waals surface area contributed by atoms with E-state index in [2.05, 4.69) is 15.9 Å². The zero-order valence-corrected chi connectivity index (χ0v) is 10.9. The van der Waals surface area contributed by atoms with Crippen LogP contribution in [0.5, 0.6) is 0 Å². The van der Waals surface area contributed by atoms with Crippen molar-refractivity contribution in [1.82, 2.24) is 4.57 Å². The molecular weight excluding hydrogens is 293 g/mol. The lowest BCUT2D eigenvalue weighted by atomic mass is 10.2. The number of aromatic nitrogens is 1. The van der Waals surface area contributed by atoms with Gasteiger partial charge in [0.1, 0.15) is 0 Å². The van der Waals surface area contributed by atoms with Crippen molar-refractivity contribution in [3.05, 3.63) is 33.9 Å². The molecule has 0 unspecified atom stereocenters. The summed E-state index contributed by atoms with van der Waals surface area (Å²) in [6, 6.07) is 5.40. The molecule has 0 saturated heterocycles. The molecule has 0 aliphatic carbocycles. The highest BCUT2D eigenvalue weighted by molar-refractivity contribution is 9.10. The van der Waals surface area contributed by atoms with E-state index in [1.807, 2.05) is 6.07 Å². The summed E-state index contributed by atoms with van der Waals surface area (Å²) in [5, 5.41) is 1.42. The van der Waals surface area contributed by atoms with Crippen LogP contribution in [0.4, 0.5) is 4.79 Å². The number of halogens is 2. The van der Waals surface area contributed by atoms with Crippen molar-refractivity contribution in [3.63, 3.8) is 0 Å². The van der Waals surface area contributed by atoms with Gasteiger partial charge < -0.3 is 4.74 Å². The Balaban J connectivity index is 2.64. The van der Waals surface area contributed by atoms with E-state index in [4.69, 9.17) is 16.3 Å². The van der Waals surface area contributed by atoms with Gasteiger partial charge in [-0.1, -0.05) is 17.7 Å². The van der Waals surface area contributed by atoms with Crippen molar-refractivity contribution >= 4 is 44.5 Å². The number of carbonyl (C=O) groups is 1. The third kappa shape index (κ3) is 1.83. The summed E-state index contributed by atoms with van der Waals surface area (Å²) in [4.78, 5) is 11.7. The number of hydrogen-bond acceptors (Lipinski definition) is 2. The monoisotopic (exact) mass is 301 g/mol. The number of nitrogens with zero attached hydrogens (tertiary/aromatic N) is 1. The molecule has 84 valence electrons. The van der Waals surface area contributed by atoms with Gasteiger partial charge in [0, 0.05) is 16.1 Å². The Labute approximate surface area is 106 Å². The van der Waals surface area contributed by atoms with E-state index in [-0.39, 0.29) is 0 Å². The summed E-state index contributed by atoms with van der Waals surface area (Å²) in [5.41, 5.74) is 0.734. The first kappa shape index (κ1) is 11.5. The van der Waals surface area contributed by atoms with Gasteiger partial charge in [-0.15, -0.1) is 0 Å². The van der Waals surface area contributed by atoms with Gasteiger partial charge >= 0.3 is 6.09 Å². The molecule has 0 radical (unpaired) electrons. The molecule has 3 nitrogen and oxygen atoms in total. The number of hydrogen-bond donors (Lipinski definition) is 0. The van der Waals surface area contributed by atoms with Crippen LogP contribution in [0.3, 0.4) is 0 Å². The summed E-state index contributed by atoms with van der Waals surface area (Å²) in [6.07, 6.45) is 1.26. The minimum Gasteiger partial charge on any atom is -0.449 e. The average molecular weight is 303 g/mol. The molecule has 5 heteroatoms. The Bertz CT molecular complexity index is 550. The zero-order valence-electron chi connectivity index (χ0n) is 8.54. The Morgan fingerprint density at radius 2 is 2.31 bits per heavy atom. The van der Waals surface area contributed by atoms with E-state index < -0.39 is 6.09 Å². The molecule has 0 bridgehead atoms. The molecule has 0 fully saturated rings. The fourth-order valence-electron chi connectivity index (χ4n) is 1.54. The first-order chi connectivity index (χ1) is 7.65. The van der Waals surface area contributed by atoms with Gasteiger partial charge in [0.05, 0.1) is 17.1 Å². The summed E-state index contributed by atoms with van der Waals surface area (Å²) in [7, 11) is 0. The predicted molar refractivity (Wildman–Crippen MR) is 67.1 cm³/mol. The standard InChI is InChI=1S/C11H9BrClNO2/c1-2-16-11(15)14-6-7(12)10-8(13)4-3-5-9(10)14/h3-6H,2H2,1H3. The fraction of sp³-hybridized carbons (Fsp3) is 0.182. The maximum Gasteiger partial charge on any atom is 0.418 e. The maximum absolute atomic E-state index is 11.7. The highest BCUT2D eigenvalue weighted by Crippen LogP contribution is 2.32. The third-order valence-electron chi connectivity index (χ3n) is 2.20. The average Bonchev–Trinajstić information content (AvgIpc) is 2.58. The van der Waals surface area contributed by atoms with E-state index >= 15 is 0 Å². The van der Waals surface area contributed by atoms with Crippen LogP contribution in [0.1, 0.15) is 6.92 Å². The van der Waals surface area contributed by atoms with Crippen molar-refractivity contribution in [2.45, 2.75) is 6.92 Å². The normalized spacial score (nSPS) is 10.7. The summed E-state index contributed by atoms with van der Waals surface area (Å²) < 4.78 is 7.17. The van der Waals surface area contributed by atoms with E-state index in [1.165, 1.54) is 4.57 Å². The molecule has 1 heterocycles. The quantitative estimate of drug-likeness (QED) is 0.795. The molecule has 2 rings (SSSR count). The van der Waals surface area contributed by atoms with Crippen molar-refractivity contribution in [1.29, 1.82) is 0 Å². The molecular formula is C11H9BrClNO2. The van der Waals surface area contributed by atoms with Gasteiger partial charge in [-0.25, -0.2) is 4.79 Å². The van der Waals surface area contributed by atoms with Crippen LogP contribution in [-0.2, 0) is 4.74 Å². The van der Waals surface area contributed by atoms with Crippen LogP contribution in [0, 0.1) is 0 Å². The minimum atomic E-state index is -0.402. The van der Waals surface area contributed by atoms with Crippen LogP contribution >= 0.6 is 27.5 Å². The molecule has 0 atom stereocenters. The number of ether oxygens (including phenoxy) is 1. The number of benzene rings is 1. The molecule has 0 aliphatic rings. The maximum atomic E-state index is 11.7. The summed E-state index contributed by atoms with van der Waals surface area (Å²) in [6.45, 7) is 2.11. The predicted octanol–water partition coefficient (Wildman–Crippen LogP) is 4.06. The summed E-state index contributed by atoms with van der Waals surface area (Å²) >= 11 is 9.44. The van der Waals surface area contributed by atoms with Gasteiger partial charge in [0.2, 0.25) is 0 Å². The zero-order chi connectivity index (χ0) is 11.7. The topological polar surface area (TPSA) is 31.2 Å². The minimum absolute atomic E-state index is 0.344. The highest BCUT2D eigenvalue weighted by atomic mass is 79.9. The first-order valence-electron chi connectivity index (χ1n) is 4.77. The molecule has 0 aliphatic heterocycles. The van der Waals surface area contributed by atoms with Crippen molar-refractivity contribution in [2.24, 2.45) is 0 Å². The molecule has 1 aromatic heterocycles. The van der Waals surface area contributed by atoms with Crippen molar-refractivity contribution in [3.8, 4) is 0 Å². The largest absolute Gasteiger partial charge is 0.449 e. The van der Waals surface area contributed by atoms with Crippen molar-refractivity contribution < 1.29 is 9.53 Å². The van der Waals surface area contributed by atoms with Gasteiger partial charge in [-0.3, -0.25) is 4.57 Å². The highest BCUT2D eigenvalue weighted by Gasteiger charge is 2.14. The van der Waals surface area contributed by atoms with Crippen LogP contribution < -0.4 is 0 Å². The van der Waals surface area contributed by atoms with E-state index in [0.29, 0.717) is 11.6 Å². The van der Waals surface area contributed by atoms with Crippen molar-refractivity contribution in [2.75, 3.05) is 6.61 Å². The molecule has 2 aromatic rings. The molecule has 0 spiro atoms. The lowest BCUT2D eigenvalue weighted by molar-refractivity contribution is 0.155. The third-order valence-corrected chi connectivity index (χ3v) is 3.11. The molecule has 16 heavy (non-hydrogen) atoms. The van der Waals surface area contributed by atoms with E-state index in [9.17, 15) is 4.79 Å². The SMILES string of the molecule is CCOC(=O)n1cc(Br)c2c(Cl)cccc21. The lowest BCUT2D eigenvalue weighted by Crippen LogP contribution is -2.11. The van der Waals surface area contributed by atoms with Crippen LogP contribution in [0.25, 0.3) is 10.9 Å². The fourth-order valence-corrected chi connectivity index (χ4v) is 2.55. The number of fused-ring (bicyclic) bond motifs is 1. The van der Waals surface area contributed by atoms with E-state index in [0.717, 1.165) is 15.4 Å². The number of carbonyl (C=O) groups excluding carboxylic acids is 1. The summed E-state index contributed by atoms with van der Waals surface area (Å²) in [5.74, 6) is 0. The second-order valence-corrected chi connectivity index (χ2v) is 4.44. The van der Waals surface area contributed by atoms with Crippen LogP contribution in [-0.4, -0.2) is 17.3 Å². The Kier molecular flexibility index (Phi) is 3.21. The lowest BCUT2D eigenvalue weighted by Gasteiger charge is -2.03. The van der Waals surface area contributed by atoms with Crippen LogP contribution in [0.15, 0.2) is 28.9 Å². The van der Waals surface area contributed by atoms with E-state index in [1.54, 1.807) is 25.3 Å². The van der Waals surface area contributed by atoms with Gasteiger partial charge in [0.25, 0.3) is 0 Å². The second-order valence-electron chi connectivity index (χ2n) is 3.18. The number of rotatable bonds is 1. The molecule has 1 aromatic carbocycles. The first-order valence-corrected chi connectivity index (χ1v) is 5.94. The molecule has 0 amide bonds. The Morgan fingerprint density at radius 3 is 3.00 bits per heavy atom. The van der Waals surface area contributed by atoms with Gasteiger partial charge in [-0.05, 0) is 35.0 Å². The Hall–Kier alpha value is -1.00.